The van der Waals surface area contributed by atoms with Crippen LogP contribution < -0.4 is 10.1 Å². The van der Waals surface area contributed by atoms with Gasteiger partial charge in [-0.05, 0) is 31.9 Å². The van der Waals surface area contributed by atoms with E-state index < -0.39 is 0 Å². The highest BCUT2D eigenvalue weighted by molar-refractivity contribution is 7.99. The lowest BCUT2D eigenvalue weighted by molar-refractivity contribution is 0.195. The number of hydrogen-bond donors (Lipinski definition) is 3. The summed E-state index contributed by atoms with van der Waals surface area (Å²) in [5.41, 5.74) is 1.89. The molecule has 1 aliphatic rings. The molecule has 21 heavy (non-hydrogen) atoms. The fourth-order valence-electron chi connectivity index (χ4n) is 2.11. The second-order valence-electron chi connectivity index (χ2n) is 5.30. The number of imidazole rings is 1. The number of nitrogens with zero attached hydrogens (tertiary/aromatic N) is 1. The Morgan fingerprint density at radius 2 is 2.38 bits per heavy atom. The third-order valence-electron chi connectivity index (χ3n) is 3.37. The molecule has 3 N–H and O–H groups in total. The number of H-pyrrole nitrogens is 1. The second-order valence-corrected chi connectivity index (χ2v) is 6.31. The highest BCUT2D eigenvalue weighted by Crippen LogP contribution is 2.24. The molecule has 0 aliphatic heterocycles. The van der Waals surface area contributed by atoms with E-state index in [0.717, 1.165) is 21.9 Å². The fourth-order valence-corrected chi connectivity index (χ4v) is 2.93. The van der Waals surface area contributed by atoms with Gasteiger partial charge < -0.3 is 20.1 Å². The lowest BCUT2D eigenvalue weighted by Crippen LogP contribution is -2.29. The zero-order chi connectivity index (χ0) is 14.7. The van der Waals surface area contributed by atoms with Crippen LogP contribution in [0.5, 0.6) is 5.75 Å². The number of aromatic amines is 1. The standard InChI is InChI=1S/C15H21N3O2S/c1-2-20-12-5-6-13-14(7-12)18-15(17-13)21-9-11(19)8-16-10-3-4-10/h5-7,10-11,16,19H,2-4,8-9H2,1H3,(H,17,18). The van der Waals surface area contributed by atoms with Crippen LogP contribution >= 0.6 is 11.8 Å². The zero-order valence-corrected chi connectivity index (χ0v) is 12.9. The zero-order valence-electron chi connectivity index (χ0n) is 12.1. The Kier molecular flexibility index (Phi) is 4.67. The maximum atomic E-state index is 9.93. The molecule has 2 aromatic rings. The Labute approximate surface area is 128 Å². The van der Waals surface area contributed by atoms with Gasteiger partial charge in [0, 0.05) is 24.4 Å². The molecule has 114 valence electrons. The van der Waals surface area contributed by atoms with Gasteiger partial charge in [-0.15, -0.1) is 0 Å². The number of ether oxygens (including phenoxy) is 1. The van der Waals surface area contributed by atoms with Gasteiger partial charge in [0.1, 0.15) is 5.75 Å². The van der Waals surface area contributed by atoms with E-state index in [4.69, 9.17) is 4.74 Å². The largest absolute Gasteiger partial charge is 0.494 e. The van der Waals surface area contributed by atoms with E-state index in [9.17, 15) is 5.11 Å². The third-order valence-corrected chi connectivity index (χ3v) is 4.39. The van der Waals surface area contributed by atoms with Crippen LogP contribution in [-0.4, -0.2) is 46.1 Å². The van der Waals surface area contributed by atoms with Crippen molar-refractivity contribution in [3.63, 3.8) is 0 Å². The van der Waals surface area contributed by atoms with Crippen molar-refractivity contribution in [2.45, 2.75) is 37.1 Å². The molecule has 3 rings (SSSR count). The first-order valence-corrected chi connectivity index (χ1v) is 8.40. The summed E-state index contributed by atoms with van der Waals surface area (Å²) in [5.74, 6) is 1.48. The van der Waals surface area contributed by atoms with Crippen molar-refractivity contribution in [3.05, 3.63) is 18.2 Å². The van der Waals surface area contributed by atoms with Crippen molar-refractivity contribution in [1.82, 2.24) is 15.3 Å². The van der Waals surface area contributed by atoms with Crippen LogP contribution in [-0.2, 0) is 0 Å². The number of aliphatic hydroxyl groups is 1. The Morgan fingerprint density at radius 3 is 3.14 bits per heavy atom. The van der Waals surface area contributed by atoms with Crippen LogP contribution in [0.25, 0.3) is 11.0 Å². The van der Waals surface area contributed by atoms with Crippen molar-refractivity contribution in [2.75, 3.05) is 18.9 Å². The van der Waals surface area contributed by atoms with Crippen LogP contribution in [0.1, 0.15) is 19.8 Å². The molecule has 1 aromatic carbocycles. The monoisotopic (exact) mass is 307 g/mol. The number of hydrogen-bond acceptors (Lipinski definition) is 5. The summed E-state index contributed by atoms with van der Waals surface area (Å²) in [7, 11) is 0. The predicted molar refractivity (Wildman–Crippen MR) is 85.0 cm³/mol. The van der Waals surface area contributed by atoms with Gasteiger partial charge in [0.15, 0.2) is 5.16 Å². The number of nitrogens with one attached hydrogen (secondary N) is 2. The van der Waals surface area contributed by atoms with Crippen molar-refractivity contribution < 1.29 is 9.84 Å². The first-order chi connectivity index (χ1) is 10.2. The van der Waals surface area contributed by atoms with Gasteiger partial charge in [0.2, 0.25) is 0 Å². The van der Waals surface area contributed by atoms with Crippen LogP contribution in [0.3, 0.4) is 0 Å². The maximum Gasteiger partial charge on any atom is 0.166 e. The summed E-state index contributed by atoms with van der Waals surface area (Å²) in [4.78, 5) is 7.78. The smallest absolute Gasteiger partial charge is 0.166 e. The van der Waals surface area contributed by atoms with Gasteiger partial charge in [-0.3, -0.25) is 0 Å². The third kappa shape index (κ3) is 4.12. The summed E-state index contributed by atoms with van der Waals surface area (Å²) in [6.07, 6.45) is 2.14. The molecule has 0 saturated heterocycles. The lowest BCUT2D eigenvalue weighted by Gasteiger charge is -2.09. The first-order valence-electron chi connectivity index (χ1n) is 7.41. The molecule has 0 radical (unpaired) electrons. The Hall–Kier alpha value is -1.24. The topological polar surface area (TPSA) is 70.2 Å². The van der Waals surface area contributed by atoms with E-state index in [2.05, 4.69) is 15.3 Å². The van der Waals surface area contributed by atoms with Gasteiger partial charge in [-0.1, -0.05) is 11.8 Å². The lowest BCUT2D eigenvalue weighted by atomic mass is 10.3. The molecule has 0 amide bonds. The molecule has 5 nitrogen and oxygen atoms in total. The molecule has 1 atom stereocenters. The van der Waals surface area contributed by atoms with Crippen molar-refractivity contribution in [1.29, 1.82) is 0 Å². The van der Waals surface area contributed by atoms with E-state index in [1.165, 1.54) is 12.8 Å². The molecular weight excluding hydrogens is 286 g/mol. The highest BCUT2D eigenvalue weighted by atomic mass is 32.2. The molecule has 1 fully saturated rings. The number of rotatable bonds is 8. The van der Waals surface area contributed by atoms with Crippen molar-refractivity contribution >= 4 is 22.8 Å². The van der Waals surface area contributed by atoms with Gasteiger partial charge in [0.25, 0.3) is 0 Å². The number of benzene rings is 1. The molecule has 1 heterocycles. The molecule has 6 heteroatoms. The Morgan fingerprint density at radius 1 is 1.52 bits per heavy atom. The molecule has 0 spiro atoms. The van der Waals surface area contributed by atoms with E-state index in [1.807, 2.05) is 25.1 Å². The average Bonchev–Trinajstić information content (AvgIpc) is 3.22. The Bertz CT molecular complexity index is 598. The molecule has 1 aromatic heterocycles. The molecule has 1 unspecified atom stereocenters. The minimum Gasteiger partial charge on any atom is -0.494 e. The van der Waals surface area contributed by atoms with Crippen LogP contribution in [0.2, 0.25) is 0 Å². The van der Waals surface area contributed by atoms with Crippen LogP contribution in [0, 0.1) is 0 Å². The first kappa shape index (κ1) is 14.7. The summed E-state index contributed by atoms with van der Waals surface area (Å²) in [6, 6.07) is 6.47. The van der Waals surface area contributed by atoms with Gasteiger partial charge in [0.05, 0.1) is 23.7 Å². The summed E-state index contributed by atoms with van der Waals surface area (Å²) in [5, 5.41) is 14.1. The highest BCUT2D eigenvalue weighted by Gasteiger charge is 2.21. The van der Waals surface area contributed by atoms with Gasteiger partial charge >= 0.3 is 0 Å². The van der Waals surface area contributed by atoms with Crippen molar-refractivity contribution in [2.24, 2.45) is 0 Å². The molecule has 0 bridgehead atoms. The van der Waals surface area contributed by atoms with Gasteiger partial charge in [-0.25, -0.2) is 4.98 Å². The van der Waals surface area contributed by atoms with E-state index in [1.54, 1.807) is 11.8 Å². The maximum absolute atomic E-state index is 9.93. The van der Waals surface area contributed by atoms with Crippen molar-refractivity contribution in [3.8, 4) is 5.75 Å². The average molecular weight is 307 g/mol. The molecular formula is C15H21N3O2S. The summed E-state index contributed by atoms with van der Waals surface area (Å²) < 4.78 is 5.48. The van der Waals surface area contributed by atoms with E-state index in [-0.39, 0.29) is 6.10 Å². The molecule has 1 aliphatic carbocycles. The predicted octanol–water partition coefficient (Wildman–Crippen LogP) is 2.17. The minimum atomic E-state index is -0.345. The fraction of sp³-hybridized carbons (Fsp3) is 0.533. The number of aliphatic hydroxyl groups excluding tert-OH is 1. The molecule has 1 saturated carbocycles. The summed E-state index contributed by atoms with van der Waals surface area (Å²) in [6.45, 7) is 3.28. The second kappa shape index (κ2) is 6.68. The van der Waals surface area contributed by atoms with Gasteiger partial charge in [-0.2, -0.15) is 0 Å². The number of fused-ring (bicyclic) bond motifs is 1. The summed E-state index contributed by atoms with van der Waals surface area (Å²) >= 11 is 1.55. The van der Waals surface area contributed by atoms with Crippen LogP contribution in [0.15, 0.2) is 23.4 Å². The number of aromatic nitrogens is 2. The Balaban J connectivity index is 1.55. The normalized spacial score (nSPS) is 16.3. The quantitative estimate of drug-likeness (QED) is 0.652. The van der Waals surface area contributed by atoms with E-state index in [0.29, 0.717) is 24.9 Å². The van der Waals surface area contributed by atoms with Crippen LogP contribution in [0.4, 0.5) is 0 Å². The van der Waals surface area contributed by atoms with E-state index >= 15 is 0 Å². The minimum absolute atomic E-state index is 0.345. The number of thioether (sulfide) groups is 1. The SMILES string of the molecule is CCOc1ccc2nc(SCC(O)CNC3CC3)[nH]c2c1.